The number of morpholine rings is 1. The van der Waals surface area contributed by atoms with E-state index in [1.54, 1.807) is 47.4 Å². The number of carbonyl (C=O) groups excluding carboxylic acids is 2. The number of methoxy groups -OCH3 is 1. The molecule has 7 nitrogen and oxygen atoms in total. The molecule has 0 radical (unpaired) electrons. The lowest BCUT2D eigenvalue weighted by atomic mass is 9.88. The number of aliphatic hydroxyl groups is 1. The van der Waals surface area contributed by atoms with Gasteiger partial charge in [-0.1, -0.05) is 30.3 Å². The van der Waals surface area contributed by atoms with Gasteiger partial charge in [0.25, 0.3) is 5.91 Å². The van der Waals surface area contributed by atoms with E-state index in [0.717, 1.165) is 0 Å². The Balaban J connectivity index is 1.64. The number of ketones is 1. The third-order valence-electron chi connectivity index (χ3n) is 5.51. The molecular weight excluding hydrogens is 372 g/mol. The van der Waals surface area contributed by atoms with E-state index in [2.05, 4.69) is 4.90 Å². The van der Waals surface area contributed by atoms with Crippen LogP contribution < -0.4 is 9.64 Å². The second kappa shape index (κ2) is 7.94. The van der Waals surface area contributed by atoms with E-state index in [4.69, 9.17) is 9.47 Å². The molecule has 0 saturated carbocycles. The van der Waals surface area contributed by atoms with Crippen LogP contribution in [0.1, 0.15) is 22.3 Å². The number of ether oxygens (including phenoxy) is 2. The molecule has 0 aliphatic carbocycles. The maximum atomic E-state index is 13.3. The van der Waals surface area contributed by atoms with Crippen molar-refractivity contribution in [3.05, 3.63) is 59.7 Å². The number of Topliss-reactive ketones (excluding diaryl/α,β-unsaturated/α-hetero) is 1. The fourth-order valence-corrected chi connectivity index (χ4v) is 3.96. The molecule has 1 N–H and O–H groups in total. The number of rotatable bonds is 6. The van der Waals surface area contributed by atoms with Crippen LogP contribution in [0.2, 0.25) is 0 Å². The van der Waals surface area contributed by atoms with Gasteiger partial charge in [-0.25, -0.2) is 0 Å². The van der Waals surface area contributed by atoms with Gasteiger partial charge < -0.3 is 14.6 Å². The quantitative estimate of drug-likeness (QED) is 0.750. The Kier molecular flexibility index (Phi) is 5.36. The van der Waals surface area contributed by atoms with Crippen LogP contribution in [0, 0.1) is 0 Å². The number of nitrogens with zero attached hydrogens (tertiary/aromatic N) is 2. The maximum Gasteiger partial charge on any atom is 0.265 e. The van der Waals surface area contributed by atoms with Gasteiger partial charge >= 0.3 is 0 Å². The predicted octanol–water partition coefficient (Wildman–Crippen LogP) is 1.79. The first-order valence-electron chi connectivity index (χ1n) is 9.65. The van der Waals surface area contributed by atoms with Gasteiger partial charge in [-0.15, -0.1) is 0 Å². The summed E-state index contributed by atoms with van der Waals surface area (Å²) >= 11 is 0. The van der Waals surface area contributed by atoms with Crippen molar-refractivity contribution in [1.82, 2.24) is 4.90 Å². The first kappa shape index (κ1) is 19.6. The van der Waals surface area contributed by atoms with Crippen molar-refractivity contribution in [1.29, 1.82) is 0 Å². The third kappa shape index (κ3) is 3.53. The zero-order valence-electron chi connectivity index (χ0n) is 16.3. The molecule has 2 aromatic rings. The molecule has 2 heterocycles. The molecule has 1 amide bonds. The van der Waals surface area contributed by atoms with E-state index in [1.165, 1.54) is 7.11 Å². The van der Waals surface area contributed by atoms with Gasteiger partial charge in [0.15, 0.2) is 11.4 Å². The van der Waals surface area contributed by atoms with Crippen LogP contribution in [-0.2, 0) is 15.1 Å². The number of carbonyl (C=O) groups is 2. The van der Waals surface area contributed by atoms with Crippen molar-refractivity contribution in [2.75, 3.05) is 45.0 Å². The number of hydrogen-bond acceptors (Lipinski definition) is 6. The fourth-order valence-electron chi connectivity index (χ4n) is 3.96. The van der Waals surface area contributed by atoms with E-state index in [-0.39, 0.29) is 12.2 Å². The summed E-state index contributed by atoms with van der Waals surface area (Å²) in [6, 6.07) is 13.9. The predicted molar refractivity (Wildman–Crippen MR) is 107 cm³/mol. The van der Waals surface area contributed by atoms with Crippen molar-refractivity contribution in [2.24, 2.45) is 0 Å². The summed E-state index contributed by atoms with van der Waals surface area (Å²) in [5.74, 6) is -0.403. The highest BCUT2D eigenvalue weighted by molar-refractivity contribution is 6.11. The Bertz CT molecular complexity index is 925. The van der Waals surface area contributed by atoms with Gasteiger partial charge in [0.2, 0.25) is 0 Å². The Hall–Kier alpha value is -2.74. The van der Waals surface area contributed by atoms with E-state index >= 15 is 0 Å². The Morgan fingerprint density at radius 1 is 1.14 bits per heavy atom. The molecule has 29 heavy (non-hydrogen) atoms. The lowest BCUT2D eigenvalue weighted by molar-refractivity contribution is -0.136. The molecule has 152 valence electrons. The Labute approximate surface area is 169 Å². The summed E-state index contributed by atoms with van der Waals surface area (Å²) < 4.78 is 10.6. The zero-order chi connectivity index (χ0) is 20.4. The molecule has 0 bridgehead atoms. The second-order valence-corrected chi connectivity index (χ2v) is 7.28. The van der Waals surface area contributed by atoms with Crippen LogP contribution in [0.4, 0.5) is 5.69 Å². The SMILES string of the molecule is COc1ccccc1C(=O)C[C@]1(O)C(=O)N(CN2CCOCC2)c2ccccc21. The topological polar surface area (TPSA) is 79.3 Å². The van der Waals surface area contributed by atoms with Gasteiger partial charge in [-0.05, 0) is 18.2 Å². The second-order valence-electron chi connectivity index (χ2n) is 7.28. The minimum Gasteiger partial charge on any atom is -0.496 e. The van der Waals surface area contributed by atoms with E-state index in [9.17, 15) is 14.7 Å². The molecular formula is C22H24N2O5. The van der Waals surface area contributed by atoms with E-state index in [1.807, 2.05) is 6.07 Å². The molecule has 7 heteroatoms. The minimum absolute atomic E-state index is 0.344. The summed E-state index contributed by atoms with van der Waals surface area (Å²) in [5.41, 5.74) is -0.456. The van der Waals surface area contributed by atoms with Crippen molar-refractivity contribution in [3.63, 3.8) is 0 Å². The standard InChI is InChI=1S/C22H24N2O5/c1-28-20-9-5-2-6-16(20)19(25)14-22(27)17-7-3-4-8-18(17)24(21(22)26)15-23-10-12-29-13-11-23/h2-9,27H,10-15H2,1H3/t22-/m1/s1. The average Bonchev–Trinajstić information content (AvgIpc) is 2.96. The summed E-state index contributed by atoms with van der Waals surface area (Å²) in [7, 11) is 1.49. The first-order valence-corrected chi connectivity index (χ1v) is 9.65. The molecule has 1 atom stereocenters. The molecule has 2 aromatic carbocycles. The first-order chi connectivity index (χ1) is 14.0. The molecule has 0 aromatic heterocycles. The number of benzene rings is 2. The van der Waals surface area contributed by atoms with Crippen LogP contribution in [0.3, 0.4) is 0 Å². The van der Waals surface area contributed by atoms with Crippen LogP contribution in [0.15, 0.2) is 48.5 Å². The Morgan fingerprint density at radius 2 is 1.83 bits per heavy atom. The van der Waals surface area contributed by atoms with Crippen LogP contribution >= 0.6 is 0 Å². The highest BCUT2D eigenvalue weighted by Gasteiger charge is 2.51. The third-order valence-corrected chi connectivity index (χ3v) is 5.51. The number of para-hydroxylation sites is 2. The van der Waals surface area contributed by atoms with Gasteiger partial charge in [-0.2, -0.15) is 0 Å². The lowest BCUT2D eigenvalue weighted by Crippen LogP contribution is -2.49. The van der Waals surface area contributed by atoms with Crippen LogP contribution in [-0.4, -0.2) is 61.8 Å². The summed E-state index contributed by atoms with van der Waals surface area (Å²) in [6.45, 7) is 3.00. The highest BCUT2D eigenvalue weighted by atomic mass is 16.5. The molecule has 2 aliphatic heterocycles. The molecule has 0 spiro atoms. The number of hydrogen-bond donors (Lipinski definition) is 1. The lowest BCUT2D eigenvalue weighted by Gasteiger charge is -2.31. The zero-order valence-corrected chi connectivity index (χ0v) is 16.3. The van der Waals surface area contributed by atoms with Crippen molar-refractivity contribution >= 4 is 17.4 Å². The van der Waals surface area contributed by atoms with E-state index in [0.29, 0.717) is 55.5 Å². The summed E-state index contributed by atoms with van der Waals surface area (Å²) in [6.07, 6.45) is -0.344. The number of amides is 1. The maximum absolute atomic E-state index is 13.3. The smallest absolute Gasteiger partial charge is 0.265 e. The largest absolute Gasteiger partial charge is 0.496 e. The monoisotopic (exact) mass is 396 g/mol. The Morgan fingerprint density at radius 3 is 2.59 bits per heavy atom. The van der Waals surface area contributed by atoms with Gasteiger partial charge in [-0.3, -0.25) is 19.4 Å². The highest BCUT2D eigenvalue weighted by Crippen LogP contribution is 2.43. The molecule has 1 saturated heterocycles. The van der Waals surface area contributed by atoms with Gasteiger partial charge in [0.1, 0.15) is 5.75 Å². The number of fused-ring (bicyclic) bond motifs is 1. The average molecular weight is 396 g/mol. The molecule has 0 unspecified atom stereocenters. The van der Waals surface area contributed by atoms with E-state index < -0.39 is 11.5 Å². The summed E-state index contributed by atoms with van der Waals surface area (Å²) in [5, 5.41) is 11.4. The van der Waals surface area contributed by atoms with Crippen LogP contribution in [0.25, 0.3) is 0 Å². The molecule has 4 rings (SSSR count). The van der Waals surface area contributed by atoms with Crippen molar-refractivity contribution in [3.8, 4) is 5.75 Å². The van der Waals surface area contributed by atoms with Crippen molar-refractivity contribution < 1.29 is 24.2 Å². The van der Waals surface area contributed by atoms with Gasteiger partial charge in [0.05, 0.1) is 44.7 Å². The minimum atomic E-state index is -1.90. The fraction of sp³-hybridized carbons (Fsp3) is 0.364. The van der Waals surface area contributed by atoms with Crippen LogP contribution in [0.5, 0.6) is 5.75 Å². The van der Waals surface area contributed by atoms with Crippen molar-refractivity contribution in [2.45, 2.75) is 12.0 Å². The molecule has 2 aliphatic rings. The normalized spacial score (nSPS) is 21.9. The molecule has 1 fully saturated rings. The van der Waals surface area contributed by atoms with Gasteiger partial charge in [0, 0.05) is 18.7 Å². The summed E-state index contributed by atoms with van der Waals surface area (Å²) in [4.78, 5) is 30.0. The number of anilines is 1.